The van der Waals surface area contributed by atoms with Gasteiger partial charge in [0.25, 0.3) is 5.91 Å². The third kappa shape index (κ3) is 4.44. The van der Waals surface area contributed by atoms with Crippen molar-refractivity contribution in [3.05, 3.63) is 77.6 Å². The van der Waals surface area contributed by atoms with Crippen LogP contribution >= 0.6 is 11.3 Å². The molecule has 0 spiro atoms. The maximum Gasteiger partial charge on any atom is 0.312 e. The van der Waals surface area contributed by atoms with Crippen molar-refractivity contribution in [3.8, 4) is 10.8 Å². The molecule has 29 heavy (non-hydrogen) atoms. The predicted molar refractivity (Wildman–Crippen MR) is 111 cm³/mol. The van der Waals surface area contributed by atoms with E-state index < -0.39 is 6.03 Å². The number of primary amides is 1. The van der Waals surface area contributed by atoms with Crippen LogP contribution in [0.15, 0.2) is 65.1 Å². The highest BCUT2D eigenvalue weighted by Gasteiger charge is 2.12. The molecule has 0 saturated heterocycles. The SMILES string of the molecule is NC(=O)NCc1ccc(C(=O)NCc2ccc(-c3nc4ccccc4s3)o2)cc1. The largest absolute Gasteiger partial charge is 0.457 e. The number of nitrogens with zero attached hydrogens (tertiary/aromatic N) is 1. The van der Waals surface area contributed by atoms with Gasteiger partial charge in [-0.1, -0.05) is 24.3 Å². The van der Waals surface area contributed by atoms with Gasteiger partial charge in [-0.05, 0) is 42.0 Å². The second-order valence-corrected chi connectivity index (χ2v) is 7.38. The van der Waals surface area contributed by atoms with Crippen molar-refractivity contribution in [1.29, 1.82) is 0 Å². The van der Waals surface area contributed by atoms with Gasteiger partial charge in [-0.15, -0.1) is 11.3 Å². The standard InChI is InChI=1S/C21H18N4O3S/c22-21(27)24-11-13-5-7-14(8-6-13)19(26)23-12-15-9-10-17(28-15)20-25-16-3-1-2-4-18(16)29-20/h1-10H,11-12H2,(H,23,26)(H3,22,24,27). The third-order valence-electron chi connectivity index (χ3n) is 4.27. The van der Waals surface area contributed by atoms with E-state index in [0.717, 1.165) is 20.8 Å². The van der Waals surface area contributed by atoms with Crippen molar-refractivity contribution in [2.75, 3.05) is 0 Å². The van der Waals surface area contributed by atoms with Gasteiger partial charge in [0.05, 0.1) is 16.8 Å². The summed E-state index contributed by atoms with van der Waals surface area (Å²) in [6.45, 7) is 0.590. The average Bonchev–Trinajstić information content (AvgIpc) is 3.37. The lowest BCUT2D eigenvalue weighted by atomic mass is 10.1. The zero-order valence-electron chi connectivity index (χ0n) is 15.3. The molecular formula is C21H18N4O3S. The smallest absolute Gasteiger partial charge is 0.312 e. The highest BCUT2D eigenvalue weighted by atomic mass is 32.1. The minimum absolute atomic E-state index is 0.211. The minimum atomic E-state index is -0.588. The molecule has 8 heteroatoms. The monoisotopic (exact) mass is 406 g/mol. The maximum atomic E-state index is 12.3. The van der Waals surface area contributed by atoms with Crippen LogP contribution in [0.5, 0.6) is 0 Å². The van der Waals surface area contributed by atoms with E-state index in [0.29, 0.717) is 23.6 Å². The molecule has 3 amide bonds. The van der Waals surface area contributed by atoms with Gasteiger partial charge in [-0.25, -0.2) is 9.78 Å². The van der Waals surface area contributed by atoms with Gasteiger partial charge in [0.15, 0.2) is 10.8 Å². The lowest BCUT2D eigenvalue weighted by molar-refractivity contribution is 0.0948. The van der Waals surface area contributed by atoms with Crippen LogP contribution in [0.4, 0.5) is 4.79 Å². The first-order valence-corrected chi connectivity index (χ1v) is 9.75. The fourth-order valence-electron chi connectivity index (χ4n) is 2.80. The molecule has 0 atom stereocenters. The topological polar surface area (TPSA) is 110 Å². The molecule has 0 aliphatic heterocycles. The van der Waals surface area contributed by atoms with Gasteiger partial charge >= 0.3 is 6.03 Å². The number of amides is 3. The van der Waals surface area contributed by atoms with Crippen molar-refractivity contribution >= 4 is 33.5 Å². The number of rotatable bonds is 6. The number of fused-ring (bicyclic) bond motifs is 1. The van der Waals surface area contributed by atoms with Gasteiger partial charge in [-0.2, -0.15) is 0 Å². The average molecular weight is 406 g/mol. The molecule has 0 aliphatic carbocycles. The molecule has 7 nitrogen and oxygen atoms in total. The van der Waals surface area contributed by atoms with Crippen LogP contribution in [-0.4, -0.2) is 16.9 Å². The minimum Gasteiger partial charge on any atom is -0.457 e. The summed E-state index contributed by atoms with van der Waals surface area (Å²) in [6, 6.07) is 18.0. The zero-order valence-corrected chi connectivity index (χ0v) is 16.2. The summed E-state index contributed by atoms with van der Waals surface area (Å²) < 4.78 is 6.94. The van der Waals surface area contributed by atoms with Gasteiger partial charge in [0, 0.05) is 12.1 Å². The van der Waals surface area contributed by atoms with Crippen LogP contribution in [0, 0.1) is 0 Å². The van der Waals surface area contributed by atoms with E-state index in [2.05, 4.69) is 15.6 Å². The third-order valence-corrected chi connectivity index (χ3v) is 5.32. The normalized spacial score (nSPS) is 10.8. The van der Waals surface area contributed by atoms with Crippen molar-refractivity contribution in [2.24, 2.45) is 5.73 Å². The van der Waals surface area contributed by atoms with Crippen LogP contribution in [0.25, 0.3) is 21.0 Å². The molecule has 0 aliphatic rings. The predicted octanol–water partition coefficient (Wildman–Crippen LogP) is 3.65. The summed E-state index contributed by atoms with van der Waals surface area (Å²) in [5, 5.41) is 6.15. The molecule has 146 valence electrons. The number of carbonyl (C=O) groups is 2. The number of carbonyl (C=O) groups excluding carboxylic acids is 2. The molecule has 2 heterocycles. The molecule has 0 saturated carbocycles. The Labute approximate surface area is 170 Å². The molecule has 4 rings (SSSR count). The summed E-state index contributed by atoms with van der Waals surface area (Å²) >= 11 is 1.57. The fraction of sp³-hybridized carbons (Fsp3) is 0.0952. The first kappa shape index (κ1) is 18.7. The number of urea groups is 1. The van der Waals surface area contributed by atoms with E-state index in [-0.39, 0.29) is 12.5 Å². The summed E-state index contributed by atoms with van der Waals surface area (Å²) in [5.41, 5.74) is 7.36. The van der Waals surface area contributed by atoms with E-state index in [1.165, 1.54) is 0 Å². The van der Waals surface area contributed by atoms with Crippen LogP contribution in [-0.2, 0) is 13.1 Å². The van der Waals surface area contributed by atoms with Crippen molar-refractivity contribution < 1.29 is 14.0 Å². The first-order chi connectivity index (χ1) is 14.1. The Hall–Kier alpha value is -3.65. The van der Waals surface area contributed by atoms with Gasteiger partial charge < -0.3 is 20.8 Å². The van der Waals surface area contributed by atoms with Crippen LogP contribution < -0.4 is 16.4 Å². The lowest BCUT2D eigenvalue weighted by Gasteiger charge is -2.05. The summed E-state index contributed by atoms with van der Waals surface area (Å²) in [7, 11) is 0. The van der Waals surface area contributed by atoms with E-state index >= 15 is 0 Å². The summed E-state index contributed by atoms with van der Waals surface area (Å²) in [6.07, 6.45) is 0. The van der Waals surface area contributed by atoms with Gasteiger partial charge in [-0.3, -0.25) is 4.79 Å². The molecule has 0 unspecified atom stereocenters. The highest BCUT2D eigenvalue weighted by molar-refractivity contribution is 7.21. The second kappa shape index (κ2) is 8.15. The summed E-state index contributed by atoms with van der Waals surface area (Å²) in [4.78, 5) is 27.7. The van der Waals surface area contributed by atoms with Crippen molar-refractivity contribution in [3.63, 3.8) is 0 Å². The number of furan rings is 1. The number of aromatic nitrogens is 1. The Morgan fingerprint density at radius 1 is 0.966 bits per heavy atom. The zero-order chi connectivity index (χ0) is 20.2. The first-order valence-electron chi connectivity index (χ1n) is 8.93. The number of thiazole rings is 1. The van der Waals surface area contributed by atoms with Crippen LogP contribution in [0.3, 0.4) is 0 Å². The Morgan fingerprint density at radius 2 is 1.76 bits per heavy atom. The number of benzene rings is 2. The second-order valence-electron chi connectivity index (χ2n) is 6.35. The quantitative estimate of drug-likeness (QED) is 0.454. The van der Waals surface area contributed by atoms with E-state index in [9.17, 15) is 9.59 Å². The summed E-state index contributed by atoms with van der Waals surface area (Å²) in [5.74, 6) is 1.12. The van der Waals surface area contributed by atoms with Gasteiger partial charge in [0.1, 0.15) is 5.76 Å². The molecule has 4 aromatic rings. The number of hydrogen-bond donors (Lipinski definition) is 3. The lowest BCUT2D eigenvalue weighted by Crippen LogP contribution is -2.28. The number of hydrogen-bond acceptors (Lipinski definition) is 5. The van der Waals surface area contributed by atoms with E-state index in [4.69, 9.17) is 10.2 Å². The fourth-order valence-corrected chi connectivity index (χ4v) is 3.73. The number of nitrogens with one attached hydrogen (secondary N) is 2. The Balaban J connectivity index is 1.36. The van der Waals surface area contributed by atoms with Gasteiger partial charge in [0.2, 0.25) is 0 Å². The molecule has 2 aromatic heterocycles. The van der Waals surface area contributed by atoms with E-state index in [1.807, 2.05) is 36.4 Å². The Morgan fingerprint density at radius 3 is 2.52 bits per heavy atom. The highest BCUT2D eigenvalue weighted by Crippen LogP contribution is 2.31. The Bertz CT molecular complexity index is 1130. The van der Waals surface area contributed by atoms with Crippen molar-refractivity contribution in [1.82, 2.24) is 15.6 Å². The van der Waals surface area contributed by atoms with Crippen LogP contribution in [0.2, 0.25) is 0 Å². The maximum absolute atomic E-state index is 12.3. The number of nitrogens with two attached hydrogens (primary N) is 1. The molecule has 4 N–H and O–H groups in total. The van der Waals surface area contributed by atoms with Crippen molar-refractivity contribution in [2.45, 2.75) is 13.1 Å². The number of para-hydroxylation sites is 1. The molecule has 0 bridgehead atoms. The van der Waals surface area contributed by atoms with E-state index in [1.54, 1.807) is 35.6 Å². The Kier molecular flexibility index (Phi) is 5.26. The molecule has 2 aromatic carbocycles. The van der Waals surface area contributed by atoms with Crippen LogP contribution in [0.1, 0.15) is 21.7 Å². The molecular weight excluding hydrogens is 388 g/mol. The molecule has 0 fully saturated rings. The molecule has 0 radical (unpaired) electrons.